The van der Waals surface area contributed by atoms with Gasteiger partial charge in [-0.3, -0.25) is 9.72 Å². The van der Waals surface area contributed by atoms with Crippen LogP contribution in [-0.2, 0) is 12.6 Å². The lowest BCUT2D eigenvalue weighted by Gasteiger charge is -2.23. The van der Waals surface area contributed by atoms with E-state index in [9.17, 15) is 18.3 Å². The minimum Gasteiger partial charge on any atom is -0.373 e. The van der Waals surface area contributed by atoms with Crippen LogP contribution in [0.15, 0.2) is 48.7 Å². The topological polar surface area (TPSA) is 52.8 Å². The maximum Gasteiger partial charge on any atom is 0.416 e. The number of likely N-dealkylation sites (tertiary alicyclic amines) is 1. The molecule has 3 aromatic rings. The van der Waals surface area contributed by atoms with Crippen molar-refractivity contribution >= 4 is 5.65 Å². The minimum atomic E-state index is -4.35. The van der Waals surface area contributed by atoms with Crippen molar-refractivity contribution in [1.82, 2.24) is 19.6 Å². The minimum absolute atomic E-state index is 0.0232. The maximum absolute atomic E-state index is 13.0. The Morgan fingerprint density at radius 3 is 2.43 bits per heavy atom. The first-order valence-electron chi connectivity index (χ1n) is 12.5. The van der Waals surface area contributed by atoms with Gasteiger partial charge >= 0.3 is 6.18 Å². The summed E-state index contributed by atoms with van der Waals surface area (Å²) in [4.78, 5) is 7.19. The van der Waals surface area contributed by atoms with Crippen molar-refractivity contribution in [3.8, 4) is 0 Å². The molecule has 0 aliphatic carbocycles. The number of nitrogens with one attached hydrogen (secondary N) is 1. The summed E-state index contributed by atoms with van der Waals surface area (Å²) in [6, 6.07) is 11.0. The summed E-state index contributed by atoms with van der Waals surface area (Å²) < 4.78 is 40.8. The van der Waals surface area contributed by atoms with E-state index in [2.05, 4.69) is 24.1 Å². The summed E-state index contributed by atoms with van der Waals surface area (Å²) in [7, 11) is 0. The van der Waals surface area contributed by atoms with Crippen molar-refractivity contribution in [3.05, 3.63) is 71.2 Å². The number of aliphatic hydroxyl groups is 1. The van der Waals surface area contributed by atoms with Gasteiger partial charge in [0.1, 0.15) is 11.9 Å². The SMILES string of the molecule is CC(C)CC(CNC(O)c1cccc2nc(CCN3CCCC3)cn12)c1ccc(C(F)(F)F)cc1. The fourth-order valence-corrected chi connectivity index (χ4v) is 4.91. The molecule has 1 fully saturated rings. The van der Waals surface area contributed by atoms with E-state index in [1.807, 2.05) is 28.8 Å². The summed E-state index contributed by atoms with van der Waals surface area (Å²) in [5.74, 6) is 0.335. The zero-order valence-corrected chi connectivity index (χ0v) is 20.4. The van der Waals surface area contributed by atoms with Gasteiger partial charge in [-0.1, -0.05) is 32.0 Å². The van der Waals surface area contributed by atoms with Crippen LogP contribution in [0.2, 0.25) is 0 Å². The third-order valence-corrected chi connectivity index (χ3v) is 6.76. The lowest BCUT2D eigenvalue weighted by molar-refractivity contribution is -0.137. The standard InChI is InChI=1S/C27H35F3N4O/c1-19(2)16-21(20-8-10-22(11-9-20)27(28,29)30)17-31-26(35)24-6-5-7-25-32-23(18-34(24)25)12-15-33-13-3-4-14-33/h5-11,18-19,21,26,31,35H,3-4,12-17H2,1-2H3. The second-order valence-electron chi connectivity index (χ2n) is 9.97. The monoisotopic (exact) mass is 488 g/mol. The molecule has 2 aromatic heterocycles. The van der Waals surface area contributed by atoms with E-state index in [1.165, 1.54) is 12.8 Å². The molecule has 1 saturated heterocycles. The third-order valence-electron chi connectivity index (χ3n) is 6.76. The quantitative estimate of drug-likeness (QED) is 0.375. The lowest BCUT2D eigenvalue weighted by Crippen LogP contribution is -2.28. The molecule has 0 bridgehead atoms. The molecule has 0 radical (unpaired) electrons. The van der Waals surface area contributed by atoms with E-state index >= 15 is 0 Å². The molecule has 2 atom stereocenters. The van der Waals surface area contributed by atoms with Crippen molar-refractivity contribution < 1.29 is 18.3 Å². The smallest absolute Gasteiger partial charge is 0.373 e. The van der Waals surface area contributed by atoms with Gasteiger partial charge in [0.2, 0.25) is 0 Å². The molecule has 4 rings (SSSR count). The van der Waals surface area contributed by atoms with Crippen LogP contribution in [-0.4, -0.2) is 45.6 Å². The van der Waals surface area contributed by atoms with Gasteiger partial charge in [0, 0.05) is 25.7 Å². The van der Waals surface area contributed by atoms with Crippen LogP contribution in [0.5, 0.6) is 0 Å². The summed E-state index contributed by atoms with van der Waals surface area (Å²) in [6.45, 7) is 7.91. The highest BCUT2D eigenvalue weighted by molar-refractivity contribution is 5.42. The fraction of sp³-hybridized carbons (Fsp3) is 0.519. The first kappa shape index (κ1) is 25.7. The van der Waals surface area contributed by atoms with Crippen LogP contribution in [0, 0.1) is 5.92 Å². The largest absolute Gasteiger partial charge is 0.416 e. The number of hydrogen-bond acceptors (Lipinski definition) is 4. The summed E-state index contributed by atoms with van der Waals surface area (Å²) in [5, 5.41) is 14.2. The van der Waals surface area contributed by atoms with Crippen LogP contribution >= 0.6 is 0 Å². The zero-order chi connectivity index (χ0) is 25.0. The molecule has 5 nitrogen and oxygen atoms in total. The van der Waals surface area contributed by atoms with Crippen molar-refractivity contribution in [2.45, 2.75) is 57.9 Å². The number of aromatic nitrogens is 2. The van der Waals surface area contributed by atoms with Crippen molar-refractivity contribution in [1.29, 1.82) is 0 Å². The molecule has 2 unspecified atom stereocenters. The van der Waals surface area contributed by atoms with Gasteiger partial charge in [0.15, 0.2) is 0 Å². The number of hydrogen-bond donors (Lipinski definition) is 2. The molecule has 2 N–H and O–H groups in total. The predicted octanol–water partition coefficient (Wildman–Crippen LogP) is 5.40. The molecule has 1 aliphatic rings. The number of fused-ring (bicyclic) bond motifs is 1. The highest BCUT2D eigenvalue weighted by Crippen LogP contribution is 2.31. The van der Waals surface area contributed by atoms with Gasteiger partial charge in [-0.05, 0) is 74.0 Å². The van der Waals surface area contributed by atoms with Gasteiger partial charge in [0.25, 0.3) is 0 Å². The average Bonchev–Trinajstić information content (AvgIpc) is 3.48. The average molecular weight is 489 g/mol. The second kappa shape index (κ2) is 11.1. The molecule has 1 aromatic carbocycles. The molecule has 3 heterocycles. The van der Waals surface area contributed by atoms with E-state index < -0.39 is 18.0 Å². The van der Waals surface area contributed by atoms with E-state index in [4.69, 9.17) is 4.98 Å². The van der Waals surface area contributed by atoms with Crippen LogP contribution in [0.25, 0.3) is 5.65 Å². The first-order chi connectivity index (χ1) is 16.7. The molecule has 0 spiro atoms. The Bertz CT molecular complexity index is 1090. The summed E-state index contributed by atoms with van der Waals surface area (Å²) in [5.41, 5.74) is 2.67. The van der Waals surface area contributed by atoms with E-state index in [-0.39, 0.29) is 5.92 Å². The fourth-order valence-electron chi connectivity index (χ4n) is 4.91. The number of benzene rings is 1. The van der Waals surface area contributed by atoms with Gasteiger partial charge in [-0.2, -0.15) is 13.2 Å². The Balaban J connectivity index is 1.45. The predicted molar refractivity (Wildman–Crippen MR) is 131 cm³/mol. The number of aliphatic hydroxyl groups excluding tert-OH is 1. The normalized spacial score (nSPS) is 16.9. The summed E-state index contributed by atoms with van der Waals surface area (Å²) in [6.07, 6.45) is 0.901. The number of imidazole rings is 1. The van der Waals surface area contributed by atoms with Crippen LogP contribution in [0.3, 0.4) is 0 Å². The Labute approximate surface area is 205 Å². The molecule has 35 heavy (non-hydrogen) atoms. The van der Waals surface area contributed by atoms with Gasteiger partial charge in [-0.15, -0.1) is 0 Å². The Morgan fingerprint density at radius 2 is 1.77 bits per heavy atom. The van der Waals surface area contributed by atoms with E-state index in [0.29, 0.717) is 18.2 Å². The Morgan fingerprint density at radius 1 is 1.06 bits per heavy atom. The maximum atomic E-state index is 13.0. The van der Waals surface area contributed by atoms with Crippen molar-refractivity contribution in [2.75, 3.05) is 26.2 Å². The number of pyridine rings is 1. The lowest BCUT2D eigenvalue weighted by atomic mass is 9.89. The molecule has 1 aliphatic heterocycles. The third kappa shape index (κ3) is 6.63. The Kier molecular flexibility index (Phi) is 8.14. The molecule has 0 amide bonds. The first-order valence-corrected chi connectivity index (χ1v) is 12.5. The number of halogens is 3. The zero-order valence-electron chi connectivity index (χ0n) is 20.4. The number of alkyl halides is 3. The highest BCUT2D eigenvalue weighted by Gasteiger charge is 2.30. The van der Waals surface area contributed by atoms with Crippen LogP contribution in [0.4, 0.5) is 13.2 Å². The molecular formula is C27H35F3N4O. The van der Waals surface area contributed by atoms with E-state index in [1.54, 1.807) is 12.1 Å². The Hall–Kier alpha value is -2.42. The van der Waals surface area contributed by atoms with Crippen molar-refractivity contribution in [2.24, 2.45) is 5.92 Å². The summed E-state index contributed by atoms with van der Waals surface area (Å²) >= 11 is 0. The van der Waals surface area contributed by atoms with Gasteiger partial charge in [0.05, 0.1) is 17.0 Å². The molecular weight excluding hydrogens is 453 g/mol. The number of nitrogens with zero attached hydrogens (tertiary/aromatic N) is 3. The van der Waals surface area contributed by atoms with E-state index in [0.717, 1.165) is 61.5 Å². The highest BCUT2D eigenvalue weighted by atomic mass is 19.4. The van der Waals surface area contributed by atoms with Crippen LogP contribution in [0.1, 0.15) is 67.8 Å². The molecule has 0 saturated carbocycles. The van der Waals surface area contributed by atoms with Crippen LogP contribution < -0.4 is 5.32 Å². The van der Waals surface area contributed by atoms with Gasteiger partial charge < -0.3 is 10.0 Å². The van der Waals surface area contributed by atoms with Crippen molar-refractivity contribution in [3.63, 3.8) is 0 Å². The number of rotatable bonds is 10. The van der Waals surface area contributed by atoms with Gasteiger partial charge in [-0.25, -0.2) is 4.98 Å². The second-order valence-corrected chi connectivity index (χ2v) is 9.97. The molecule has 190 valence electrons. The molecule has 8 heteroatoms.